The maximum Gasteiger partial charge on any atom is 0.163 e. The van der Waals surface area contributed by atoms with Crippen LogP contribution in [0.15, 0.2) is 18.2 Å². The molecule has 0 aromatic heterocycles. The van der Waals surface area contributed by atoms with Crippen molar-refractivity contribution in [1.29, 1.82) is 0 Å². The minimum Gasteiger partial charge on any atom is -0.490 e. The number of ether oxygens (including phenoxy) is 2. The molecule has 1 aliphatic heterocycles. The maximum absolute atomic E-state index is 12.0. The fourth-order valence-corrected chi connectivity index (χ4v) is 3.94. The molecule has 112 valence electrons. The number of hydrogen-bond donors (Lipinski definition) is 0. The monoisotopic (exact) mass is 286 g/mol. The molecule has 3 aliphatic rings. The molecular formula is C18H22O3. The van der Waals surface area contributed by atoms with E-state index in [4.69, 9.17) is 9.47 Å². The number of benzene rings is 1. The summed E-state index contributed by atoms with van der Waals surface area (Å²) in [6.45, 7) is 0.804. The fraction of sp³-hybridized carbons (Fsp3) is 0.611. The van der Waals surface area contributed by atoms with Crippen molar-refractivity contribution in [3.05, 3.63) is 29.3 Å². The Morgan fingerprint density at radius 3 is 2.90 bits per heavy atom. The van der Waals surface area contributed by atoms with Crippen molar-refractivity contribution in [3.63, 3.8) is 0 Å². The molecule has 1 saturated carbocycles. The van der Waals surface area contributed by atoms with Gasteiger partial charge in [-0.1, -0.05) is 12.1 Å². The number of Topliss-reactive ketones (excluding diaryl/α,β-unsaturated/α-hetero) is 1. The van der Waals surface area contributed by atoms with Gasteiger partial charge in [-0.25, -0.2) is 0 Å². The van der Waals surface area contributed by atoms with E-state index in [0.29, 0.717) is 6.42 Å². The first-order chi connectivity index (χ1) is 10.3. The lowest BCUT2D eigenvalue weighted by atomic mass is 9.74. The third kappa shape index (κ3) is 2.38. The second kappa shape index (κ2) is 5.13. The van der Waals surface area contributed by atoms with Crippen molar-refractivity contribution >= 4 is 5.78 Å². The zero-order valence-electron chi connectivity index (χ0n) is 12.4. The lowest BCUT2D eigenvalue weighted by Crippen LogP contribution is -2.48. The van der Waals surface area contributed by atoms with E-state index in [1.807, 2.05) is 18.2 Å². The van der Waals surface area contributed by atoms with Gasteiger partial charge in [-0.3, -0.25) is 4.79 Å². The molecule has 1 aromatic rings. The van der Waals surface area contributed by atoms with Crippen LogP contribution in [0.25, 0.3) is 0 Å². The summed E-state index contributed by atoms with van der Waals surface area (Å²) in [6, 6.07) is 5.93. The quantitative estimate of drug-likeness (QED) is 0.832. The van der Waals surface area contributed by atoms with Crippen molar-refractivity contribution in [1.82, 2.24) is 0 Å². The minimum atomic E-state index is 0.105. The van der Waals surface area contributed by atoms with E-state index in [9.17, 15) is 4.79 Å². The molecule has 1 saturated heterocycles. The highest BCUT2D eigenvalue weighted by Crippen LogP contribution is 2.43. The molecule has 1 atom stereocenters. The highest BCUT2D eigenvalue weighted by molar-refractivity contribution is 5.99. The predicted molar refractivity (Wildman–Crippen MR) is 79.9 cm³/mol. The normalized spacial score (nSPS) is 27.0. The van der Waals surface area contributed by atoms with Crippen molar-refractivity contribution in [2.75, 3.05) is 6.61 Å². The van der Waals surface area contributed by atoms with Gasteiger partial charge in [0.2, 0.25) is 0 Å². The molecule has 3 heteroatoms. The highest BCUT2D eigenvalue weighted by Gasteiger charge is 2.43. The summed E-state index contributed by atoms with van der Waals surface area (Å²) in [5, 5.41) is 0. The third-order valence-electron chi connectivity index (χ3n) is 5.27. The van der Waals surface area contributed by atoms with Crippen molar-refractivity contribution < 1.29 is 14.3 Å². The molecule has 1 heterocycles. The van der Waals surface area contributed by atoms with Gasteiger partial charge >= 0.3 is 0 Å². The van der Waals surface area contributed by atoms with Gasteiger partial charge in [0, 0.05) is 30.4 Å². The molecule has 1 unspecified atom stereocenters. The predicted octanol–water partition coefficient (Wildman–Crippen LogP) is 3.69. The van der Waals surface area contributed by atoms with Crippen LogP contribution in [-0.4, -0.2) is 24.1 Å². The number of carbonyl (C=O) groups excluding carboxylic acids is 1. The molecule has 0 bridgehead atoms. The topological polar surface area (TPSA) is 35.5 Å². The van der Waals surface area contributed by atoms with Gasteiger partial charge in [0.25, 0.3) is 0 Å². The zero-order chi connectivity index (χ0) is 14.3. The van der Waals surface area contributed by atoms with Crippen LogP contribution in [0.3, 0.4) is 0 Å². The molecule has 4 rings (SSSR count). The molecular weight excluding hydrogens is 264 g/mol. The standard InChI is InChI=1S/C18H22O3/c19-16-6-1-5-15-14(16)4-2-7-17(15)21-13-8-11-20-18(12-13)9-3-10-18/h2,4,7,13H,1,3,5-6,8-12H2. The molecule has 2 fully saturated rings. The Morgan fingerprint density at radius 1 is 1.19 bits per heavy atom. The Labute approximate surface area is 125 Å². The summed E-state index contributed by atoms with van der Waals surface area (Å²) < 4.78 is 12.3. The first-order valence-electron chi connectivity index (χ1n) is 8.22. The van der Waals surface area contributed by atoms with Crippen LogP contribution in [-0.2, 0) is 11.2 Å². The molecule has 0 N–H and O–H groups in total. The lowest BCUT2D eigenvalue weighted by Gasteiger charge is -2.47. The number of fused-ring (bicyclic) bond motifs is 1. The van der Waals surface area contributed by atoms with E-state index in [-0.39, 0.29) is 17.5 Å². The number of ketones is 1. The molecule has 0 amide bonds. The van der Waals surface area contributed by atoms with Crippen LogP contribution in [0.2, 0.25) is 0 Å². The SMILES string of the molecule is O=C1CCCc2c(OC3CCOC4(CCC4)C3)cccc21. The Hall–Kier alpha value is -1.35. The second-order valence-electron chi connectivity index (χ2n) is 6.68. The summed E-state index contributed by atoms with van der Waals surface area (Å²) in [6.07, 6.45) is 8.43. The van der Waals surface area contributed by atoms with Crippen molar-refractivity contribution in [2.24, 2.45) is 0 Å². The third-order valence-corrected chi connectivity index (χ3v) is 5.27. The van der Waals surface area contributed by atoms with Gasteiger partial charge in [0.15, 0.2) is 5.78 Å². The van der Waals surface area contributed by atoms with Crippen molar-refractivity contribution in [3.8, 4) is 5.75 Å². The van der Waals surface area contributed by atoms with E-state index < -0.39 is 0 Å². The zero-order valence-corrected chi connectivity index (χ0v) is 12.4. The van der Waals surface area contributed by atoms with Crippen LogP contribution in [0.4, 0.5) is 0 Å². The first kappa shape index (κ1) is 13.3. The van der Waals surface area contributed by atoms with Crippen LogP contribution in [0.1, 0.15) is 60.9 Å². The van der Waals surface area contributed by atoms with E-state index in [1.165, 1.54) is 19.3 Å². The van der Waals surface area contributed by atoms with Gasteiger partial charge < -0.3 is 9.47 Å². The summed E-state index contributed by atoms with van der Waals surface area (Å²) in [4.78, 5) is 12.0. The van der Waals surface area contributed by atoms with Gasteiger partial charge in [-0.05, 0) is 38.2 Å². The van der Waals surface area contributed by atoms with Crippen molar-refractivity contribution in [2.45, 2.75) is 63.1 Å². The Bertz CT molecular complexity index is 560. The average molecular weight is 286 g/mol. The second-order valence-corrected chi connectivity index (χ2v) is 6.68. The van der Waals surface area contributed by atoms with Crippen LogP contribution in [0, 0.1) is 0 Å². The highest BCUT2D eigenvalue weighted by atomic mass is 16.5. The van der Waals surface area contributed by atoms with E-state index in [0.717, 1.165) is 49.2 Å². The fourth-order valence-electron chi connectivity index (χ4n) is 3.94. The van der Waals surface area contributed by atoms with Gasteiger partial charge in [0.05, 0.1) is 12.2 Å². The largest absolute Gasteiger partial charge is 0.490 e. The number of hydrogen-bond acceptors (Lipinski definition) is 3. The van der Waals surface area contributed by atoms with Gasteiger partial charge in [-0.2, -0.15) is 0 Å². The van der Waals surface area contributed by atoms with Gasteiger partial charge in [0.1, 0.15) is 11.9 Å². The lowest BCUT2D eigenvalue weighted by molar-refractivity contribution is -0.153. The van der Waals surface area contributed by atoms with Crippen LogP contribution in [0.5, 0.6) is 5.75 Å². The molecule has 1 aromatic carbocycles. The molecule has 2 aliphatic carbocycles. The molecule has 1 spiro atoms. The maximum atomic E-state index is 12.0. The minimum absolute atomic E-state index is 0.105. The Kier molecular flexibility index (Phi) is 3.26. The van der Waals surface area contributed by atoms with Crippen LogP contribution < -0.4 is 4.74 Å². The Balaban J connectivity index is 1.54. The molecule has 3 nitrogen and oxygen atoms in total. The summed E-state index contributed by atoms with van der Waals surface area (Å²) in [5.74, 6) is 1.20. The summed E-state index contributed by atoms with van der Waals surface area (Å²) >= 11 is 0. The Morgan fingerprint density at radius 2 is 2.10 bits per heavy atom. The average Bonchev–Trinajstić information content (AvgIpc) is 2.47. The van der Waals surface area contributed by atoms with E-state index in [1.54, 1.807) is 0 Å². The summed E-state index contributed by atoms with van der Waals surface area (Å²) in [5.41, 5.74) is 2.11. The summed E-state index contributed by atoms with van der Waals surface area (Å²) in [7, 11) is 0. The number of rotatable bonds is 2. The first-order valence-corrected chi connectivity index (χ1v) is 8.22. The number of carbonyl (C=O) groups is 1. The molecule has 0 radical (unpaired) electrons. The van der Waals surface area contributed by atoms with E-state index in [2.05, 4.69) is 0 Å². The van der Waals surface area contributed by atoms with Crippen LogP contribution >= 0.6 is 0 Å². The van der Waals surface area contributed by atoms with E-state index >= 15 is 0 Å². The van der Waals surface area contributed by atoms with Gasteiger partial charge in [-0.15, -0.1) is 0 Å². The molecule has 21 heavy (non-hydrogen) atoms. The smallest absolute Gasteiger partial charge is 0.163 e.